The zero-order chi connectivity index (χ0) is 31.8. The van der Waals surface area contributed by atoms with Gasteiger partial charge >= 0.3 is 0 Å². The topological polar surface area (TPSA) is 166 Å². The molecule has 2 heterocycles. The SMILES string of the molecule is O=[N+]([O-])c1ccc(S(=O)(=O)Nc2cccc(Nc3ncc(Cl)c(-c4cn(S(=O)(=O)c5ccccc5)c5ccccc45)n3)c2)cc1. The van der Waals surface area contributed by atoms with Gasteiger partial charge in [-0.2, -0.15) is 0 Å². The average Bonchev–Trinajstić information content (AvgIpc) is 3.43. The van der Waals surface area contributed by atoms with Gasteiger partial charge in [-0.1, -0.05) is 54.1 Å². The van der Waals surface area contributed by atoms with Crippen LogP contribution in [-0.2, 0) is 20.0 Å². The second-order valence-corrected chi connectivity index (χ2v) is 13.5. The number of sulfonamides is 1. The maximum Gasteiger partial charge on any atom is 0.269 e. The van der Waals surface area contributed by atoms with Crippen LogP contribution in [0.4, 0.5) is 23.0 Å². The number of anilines is 3. The van der Waals surface area contributed by atoms with E-state index in [1.165, 1.54) is 40.6 Å². The standard InChI is InChI=1S/C30H21ClN6O6S2/c31-27-18-32-30(33-20-7-6-8-21(17-20)35-44(40,41)23-15-13-22(14-16-23)37(38)39)34-29(27)26-19-36(28-12-5-4-11-25(26)28)45(42,43)24-9-2-1-3-10-24/h1-19,35H,(H,32,33,34). The summed E-state index contributed by atoms with van der Waals surface area (Å²) in [7, 11) is -7.99. The first kappa shape index (κ1) is 29.7. The number of nitrogens with one attached hydrogen (secondary N) is 2. The molecule has 0 aliphatic rings. The zero-order valence-corrected chi connectivity index (χ0v) is 25.3. The molecule has 0 aliphatic heterocycles. The lowest BCUT2D eigenvalue weighted by Crippen LogP contribution is -2.13. The lowest BCUT2D eigenvalue weighted by Gasteiger charge is -2.11. The molecule has 12 nitrogen and oxygen atoms in total. The summed E-state index contributed by atoms with van der Waals surface area (Å²) < 4.78 is 56.5. The number of fused-ring (bicyclic) bond motifs is 1. The Bertz CT molecular complexity index is 2300. The highest BCUT2D eigenvalue weighted by molar-refractivity contribution is 7.92. The van der Waals surface area contributed by atoms with Crippen LogP contribution in [0.2, 0.25) is 5.02 Å². The van der Waals surface area contributed by atoms with Crippen LogP contribution in [0, 0.1) is 10.1 Å². The molecule has 0 bridgehead atoms. The van der Waals surface area contributed by atoms with Gasteiger partial charge in [-0.05, 0) is 48.5 Å². The van der Waals surface area contributed by atoms with Crippen LogP contribution >= 0.6 is 11.6 Å². The van der Waals surface area contributed by atoms with Crippen molar-refractivity contribution < 1.29 is 21.8 Å². The van der Waals surface area contributed by atoms with Crippen LogP contribution in [0.5, 0.6) is 0 Å². The third kappa shape index (κ3) is 5.93. The Labute approximate surface area is 262 Å². The number of halogens is 1. The minimum Gasteiger partial charge on any atom is -0.324 e. The van der Waals surface area contributed by atoms with E-state index in [0.717, 1.165) is 24.3 Å². The number of aromatic nitrogens is 3. The van der Waals surface area contributed by atoms with Crippen LogP contribution in [0.15, 0.2) is 125 Å². The summed E-state index contributed by atoms with van der Waals surface area (Å²) in [6.45, 7) is 0. The van der Waals surface area contributed by atoms with E-state index in [1.54, 1.807) is 54.6 Å². The van der Waals surface area contributed by atoms with Gasteiger partial charge in [0.15, 0.2) is 0 Å². The van der Waals surface area contributed by atoms with Crippen molar-refractivity contribution in [1.29, 1.82) is 0 Å². The van der Waals surface area contributed by atoms with Gasteiger partial charge in [0.2, 0.25) is 5.95 Å². The predicted octanol–water partition coefficient (Wildman–Crippen LogP) is 6.44. The molecule has 2 N–H and O–H groups in total. The number of nitro groups is 1. The third-order valence-corrected chi connectivity index (χ3v) is 10.1. The quantitative estimate of drug-likeness (QED) is 0.131. The van der Waals surface area contributed by atoms with Crippen molar-refractivity contribution in [2.75, 3.05) is 10.0 Å². The maximum absolute atomic E-state index is 13.6. The molecule has 0 unspecified atom stereocenters. The Morgan fingerprint density at radius 1 is 0.800 bits per heavy atom. The van der Waals surface area contributed by atoms with Crippen molar-refractivity contribution in [3.05, 3.63) is 131 Å². The molecule has 15 heteroatoms. The Kier molecular flexibility index (Phi) is 7.70. The molecule has 0 atom stereocenters. The second-order valence-electron chi connectivity index (χ2n) is 9.63. The van der Waals surface area contributed by atoms with Crippen LogP contribution in [0.1, 0.15) is 0 Å². The molecule has 45 heavy (non-hydrogen) atoms. The lowest BCUT2D eigenvalue weighted by atomic mass is 10.1. The number of hydrogen-bond acceptors (Lipinski definition) is 9. The normalized spacial score (nSPS) is 11.8. The number of nitro benzene ring substituents is 1. The largest absolute Gasteiger partial charge is 0.324 e. The van der Waals surface area contributed by atoms with Crippen molar-refractivity contribution in [3.8, 4) is 11.3 Å². The molecule has 6 aromatic rings. The summed E-state index contributed by atoms with van der Waals surface area (Å²) in [4.78, 5) is 19.1. The van der Waals surface area contributed by atoms with Gasteiger partial charge in [-0.15, -0.1) is 0 Å². The number of hydrogen-bond donors (Lipinski definition) is 2. The molecule has 2 aromatic heterocycles. The monoisotopic (exact) mass is 660 g/mol. The second kappa shape index (κ2) is 11.6. The summed E-state index contributed by atoms with van der Waals surface area (Å²) in [6, 6.07) is 25.9. The Morgan fingerprint density at radius 2 is 1.49 bits per heavy atom. The molecule has 0 amide bonds. The molecule has 4 aromatic carbocycles. The Hall–Kier alpha value is -5.31. The van der Waals surface area contributed by atoms with E-state index in [0.29, 0.717) is 22.2 Å². The van der Waals surface area contributed by atoms with E-state index in [9.17, 15) is 26.9 Å². The van der Waals surface area contributed by atoms with Crippen LogP contribution < -0.4 is 10.0 Å². The fraction of sp³-hybridized carbons (Fsp3) is 0. The van der Waals surface area contributed by atoms with Gasteiger partial charge in [0, 0.05) is 35.0 Å². The van der Waals surface area contributed by atoms with Crippen molar-refractivity contribution in [2.45, 2.75) is 9.79 Å². The van der Waals surface area contributed by atoms with E-state index in [1.807, 2.05) is 0 Å². The summed E-state index contributed by atoms with van der Waals surface area (Å²) in [5, 5.41) is 14.7. The van der Waals surface area contributed by atoms with Crippen molar-refractivity contribution in [1.82, 2.24) is 13.9 Å². The summed E-state index contributed by atoms with van der Waals surface area (Å²) in [5.41, 5.74) is 1.59. The minimum absolute atomic E-state index is 0.118. The number of non-ortho nitro benzene ring substituents is 1. The van der Waals surface area contributed by atoms with Gasteiger partial charge in [0.05, 0.1) is 42.8 Å². The molecular weight excluding hydrogens is 640 g/mol. The van der Waals surface area contributed by atoms with Crippen molar-refractivity contribution in [3.63, 3.8) is 0 Å². The number of nitrogens with zero attached hydrogens (tertiary/aromatic N) is 4. The highest BCUT2D eigenvalue weighted by Crippen LogP contribution is 2.36. The number of benzene rings is 4. The molecule has 6 rings (SSSR count). The number of para-hydroxylation sites is 1. The highest BCUT2D eigenvalue weighted by Gasteiger charge is 2.23. The molecule has 0 radical (unpaired) electrons. The van der Waals surface area contributed by atoms with E-state index >= 15 is 0 Å². The van der Waals surface area contributed by atoms with E-state index in [4.69, 9.17) is 11.6 Å². The van der Waals surface area contributed by atoms with E-state index in [-0.39, 0.29) is 37.8 Å². The van der Waals surface area contributed by atoms with Gasteiger partial charge < -0.3 is 5.32 Å². The number of rotatable bonds is 9. The first-order valence-corrected chi connectivity index (χ1v) is 16.4. The minimum atomic E-state index is -4.04. The van der Waals surface area contributed by atoms with Crippen LogP contribution in [0.3, 0.4) is 0 Å². The molecule has 0 fully saturated rings. The third-order valence-electron chi connectivity index (χ3n) is 6.71. The summed E-state index contributed by atoms with van der Waals surface area (Å²) >= 11 is 6.53. The average molecular weight is 661 g/mol. The Morgan fingerprint density at radius 3 is 2.22 bits per heavy atom. The molecule has 0 spiro atoms. The molecular formula is C30H21ClN6O6S2. The fourth-order valence-corrected chi connectivity index (χ4v) is 7.24. The molecule has 0 saturated heterocycles. The van der Waals surface area contributed by atoms with Crippen molar-refractivity contribution in [2.24, 2.45) is 0 Å². The van der Waals surface area contributed by atoms with Gasteiger partial charge in [-0.3, -0.25) is 14.8 Å². The summed E-state index contributed by atoms with van der Waals surface area (Å²) in [5.74, 6) is 0.118. The predicted molar refractivity (Wildman–Crippen MR) is 171 cm³/mol. The fourth-order valence-electron chi connectivity index (χ4n) is 4.61. The Balaban J connectivity index is 1.31. The van der Waals surface area contributed by atoms with Crippen LogP contribution in [-0.4, -0.2) is 35.7 Å². The van der Waals surface area contributed by atoms with Gasteiger partial charge in [0.25, 0.3) is 25.7 Å². The summed E-state index contributed by atoms with van der Waals surface area (Å²) in [6.07, 6.45) is 2.85. The lowest BCUT2D eigenvalue weighted by molar-refractivity contribution is -0.384. The first-order valence-electron chi connectivity index (χ1n) is 13.1. The highest BCUT2D eigenvalue weighted by atomic mass is 35.5. The van der Waals surface area contributed by atoms with Gasteiger partial charge in [-0.25, -0.2) is 30.8 Å². The molecule has 0 saturated carbocycles. The maximum atomic E-state index is 13.6. The van der Waals surface area contributed by atoms with E-state index in [2.05, 4.69) is 20.0 Å². The van der Waals surface area contributed by atoms with Crippen LogP contribution in [0.25, 0.3) is 22.2 Å². The molecule has 0 aliphatic carbocycles. The van der Waals surface area contributed by atoms with E-state index < -0.39 is 25.0 Å². The van der Waals surface area contributed by atoms with Gasteiger partial charge in [0.1, 0.15) is 0 Å². The smallest absolute Gasteiger partial charge is 0.269 e. The molecule has 226 valence electrons. The first-order chi connectivity index (χ1) is 21.5. The zero-order valence-electron chi connectivity index (χ0n) is 22.9. The van der Waals surface area contributed by atoms with Crippen molar-refractivity contribution >= 4 is 65.6 Å².